The molecule has 0 aliphatic carbocycles. The van der Waals surface area contributed by atoms with Crippen molar-refractivity contribution in [3.05, 3.63) is 0 Å². The van der Waals surface area contributed by atoms with Gasteiger partial charge in [0.15, 0.2) is 0 Å². The van der Waals surface area contributed by atoms with Crippen molar-refractivity contribution >= 4 is 12.6 Å². The minimum Gasteiger partial charge on any atom is -0.392 e. The van der Waals surface area contributed by atoms with Gasteiger partial charge in [0.1, 0.15) is 0 Å². The number of aliphatic hydroxyl groups is 1. The van der Waals surface area contributed by atoms with Gasteiger partial charge in [0, 0.05) is 5.75 Å². The summed E-state index contributed by atoms with van der Waals surface area (Å²) >= 11 is 4.11. The van der Waals surface area contributed by atoms with Crippen molar-refractivity contribution in [1.29, 1.82) is 0 Å². The average Bonchev–Trinajstić information content (AvgIpc) is 2.63. The second-order valence-electron chi connectivity index (χ2n) is 7.99. The first kappa shape index (κ1) is 25.3. The van der Waals surface area contributed by atoms with E-state index in [1.807, 2.05) is 0 Å². The Bertz CT molecular complexity index is 232. The maximum atomic E-state index is 9.43. The first-order valence-electron chi connectivity index (χ1n) is 11.6. The Balaban J connectivity index is 2.98. The van der Waals surface area contributed by atoms with Gasteiger partial charge < -0.3 is 5.11 Å². The maximum Gasteiger partial charge on any atom is 0.0628 e. The molecule has 1 nitrogen and oxygen atoms in total. The van der Waals surface area contributed by atoms with Crippen molar-refractivity contribution in [2.75, 3.05) is 5.75 Å². The molecule has 0 radical (unpaired) electrons. The zero-order valence-corrected chi connectivity index (χ0v) is 18.2. The predicted octanol–water partition coefficient (Wildman–Crippen LogP) is 8.10. The lowest BCUT2D eigenvalue weighted by Gasteiger charge is -2.06. The van der Waals surface area contributed by atoms with E-state index in [1.54, 1.807) is 0 Å². The fourth-order valence-corrected chi connectivity index (χ4v) is 3.73. The molecule has 152 valence electrons. The van der Waals surface area contributed by atoms with Crippen LogP contribution in [0.4, 0.5) is 0 Å². The van der Waals surface area contributed by atoms with Crippen LogP contribution in [0.5, 0.6) is 0 Å². The second kappa shape index (κ2) is 22.4. The van der Waals surface area contributed by atoms with E-state index < -0.39 is 0 Å². The molecule has 1 N–H and O–H groups in total. The quantitative estimate of drug-likeness (QED) is 0.154. The minimum absolute atomic E-state index is 0.186. The van der Waals surface area contributed by atoms with Crippen LogP contribution in [0.25, 0.3) is 0 Å². The Hall–Kier alpha value is 0.310. The summed E-state index contributed by atoms with van der Waals surface area (Å²) in [5.74, 6) is 0.610. The lowest BCUT2D eigenvalue weighted by atomic mass is 10.0. The molecule has 0 fully saturated rings. The molecule has 0 aromatic rings. The van der Waals surface area contributed by atoms with E-state index in [-0.39, 0.29) is 6.10 Å². The Kier molecular flexibility index (Phi) is 22.6. The van der Waals surface area contributed by atoms with Crippen LogP contribution in [0.1, 0.15) is 135 Å². The van der Waals surface area contributed by atoms with E-state index in [4.69, 9.17) is 0 Å². The van der Waals surface area contributed by atoms with Crippen LogP contribution in [-0.4, -0.2) is 17.0 Å². The lowest BCUT2D eigenvalue weighted by Crippen LogP contribution is -2.07. The number of unbranched alkanes of at least 4 members (excludes halogenated alkanes) is 18. The number of thiol groups is 1. The molecule has 0 saturated heterocycles. The summed E-state index contributed by atoms with van der Waals surface area (Å²) in [5.41, 5.74) is 0. The number of rotatable bonds is 21. The van der Waals surface area contributed by atoms with Crippen molar-refractivity contribution in [1.82, 2.24) is 0 Å². The van der Waals surface area contributed by atoms with Crippen molar-refractivity contribution in [2.45, 2.75) is 141 Å². The van der Waals surface area contributed by atoms with Crippen molar-refractivity contribution < 1.29 is 5.11 Å². The van der Waals surface area contributed by atoms with Crippen LogP contribution < -0.4 is 0 Å². The van der Waals surface area contributed by atoms with Crippen LogP contribution in [0.3, 0.4) is 0 Å². The monoisotopic (exact) mass is 372 g/mol. The van der Waals surface area contributed by atoms with Gasteiger partial charge in [-0.3, -0.25) is 0 Å². The molecule has 0 spiro atoms. The standard InChI is InChI=1S/C23H48OS/c1-2-3-4-5-6-7-8-9-10-11-12-13-14-15-16-17-18-19-20-21-23(24)22-25/h23-25H,2-22H2,1H3. The summed E-state index contributed by atoms with van der Waals surface area (Å²) in [6, 6.07) is 0. The first-order chi connectivity index (χ1) is 12.3. The molecule has 0 bridgehead atoms. The SMILES string of the molecule is CCCCCCCCCCCCCCCCCCCCCC(O)CS. The Labute approximate surface area is 165 Å². The maximum absolute atomic E-state index is 9.43. The fraction of sp³-hybridized carbons (Fsp3) is 1.00. The van der Waals surface area contributed by atoms with E-state index in [1.165, 1.54) is 122 Å². The molecule has 0 amide bonds. The van der Waals surface area contributed by atoms with Gasteiger partial charge >= 0.3 is 0 Å². The van der Waals surface area contributed by atoms with E-state index in [2.05, 4.69) is 19.6 Å². The predicted molar refractivity (Wildman–Crippen MR) is 118 cm³/mol. The second-order valence-corrected chi connectivity index (χ2v) is 8.35. The zero-order valence-electron chi connectivity index (χ0n) is 17.3. The molecule has 2 heteroatoms. The number of hydrogen-bond donors (Lipinski definition) is 2. The topological polar surface area (TPSA) is 20.2 Å². The van der Waals surface area contributed by atoms with Gasteiger partial charge in [-0.25, -0.2) is 0 Å². The van der Waals surface area contributed by atoms with Gasteiger partial charge in [-0.05, 0) is 6.42 Å². The third kappa shape index (κ3) is 22.3. The molecular weight excluding hydrogens is 324 g/mol. The van der Waals surface area contributed by atoms with Gasteiger partial charge in [0.05, 0.1) is 6.10 Å². The summed E-state index contributed by atoms with van der Waals surface area (Å²) in [7, 11) is 0. The molecule has 0 rings (SSSR count). The van der Waals surface area contributed by atoms with Gasteiger partial charge in [-0.1, -0.05) is 129 Å². The van der Waals surface area contributed by atoms with E-state index in [9.17, 15) is 5.11 Å². The van der Waals surface area contributed by atoms with E-state index >= 15 is 0 Å². The summed E-state index contributed by atoms with van der Waals surface area (Å²) in [5, 5.41) is 9.43. The molecule has 0 saturated carbocycles. The fourth-order valence-electron chi connectivity index (χ4n) is 3.55. The van der Waals surface area contributed by atoms with E-state index in [0.717, 1.165) is 6.42 Å². The minimum atomic E-state index is -0.186. The average molecular weight is 373 g/mol. The molecule has 0 aromatic carbocycles. The lowest BCUT2D eigenvalue weighted by molar-refractivity contribution is 0.185. The number of aliphatic hydroxyl groups excluding tert-OH is 1. The molecule has 1 unspecified atom stereocenters. The highest BCUT2D eigenvalue weighted by molar-refractivity contribution is 7.80. The molecule has 0 aliphatic heterocycles. The Morgan fingerprint density at radius 2 is 0.800 bits per heavy atom. The van der Waals surface area contributed by atoms with E-state index in [0.29, 0.717) is 5.75 Å². The molecule has 0 aromatic heterocycles. The number of hydrogen-bond acceptors (Lipinski definition) is 2. The van der Waals surface area contributed by atoms with Crippen LogP contribution in [0.15, 0.2) is 0 Å². The van der Waals surface area contributed by atoms with Crippen molar-refractivity contribution in [3.8, 4) is 0 Å². The van der Waals surface area contributed by atoms with Crippen LogP contribution in [-0.2, 0) is 0 Å². The highest BCUT2D eigenvalue weighted by Crippen LogP contribution is 2.15. The van der Waals surface area contributed by atoms with Crippen LogP contribution in [0.2, 0.25) is 0 Å². The normalized spacial score (nSPS) is 12.6. The summed E-state index contributed by atoms with van der Waals surface area (Å²) in [6.07, 6.45) is 27.6. The molecule has 25 heavy (non-hydrogen) atoms. The van der Waals surface area contributed by atoms with Crippen LogP contribution >= 0.6 is 12.6 Å². The molecule has 1 atom stereocenters. The Morgan fingerprint density at radius 1 is 0.520 bits per heavy atom. The van der Waals surface area contributed by atoms with Gasteiger partial charge in [0.2, 0.25) is 0 Å². The summed E-state index contributed by atoms with van der Waals surface area (Å²) in [4.78, 5) is 0. The highest BCUT2D eigenvalue weighted by atomic mass is 32.1. The summed E-state index contributed by atoms with van der Waals surface area (Å²) in [6.45, 7) is 2.29. The van der Waals surface area contributed by atoms with Gasteiger partial charge in [0.25, 0.3) is 0 Å². The third-order valence-corrected chi connectivity index (χ3v) is 5.77. The third-order valence-electron chi connectivity index (χ3n) is 5.35. The van der Waals surface area contributed by atoms with Gasteiger partial charge in [-0.15, -0.1) is 0 Å². The zero-order chi connectivity index (χ0) is 18.4. The van der Waals surface area contributed by atoms with Gasteiger partial charge in [-0.2, -0.15) is 12.6 Å². The molecule has 0 heterocycles. The first-order valence-corrected chi connectivity index (χ1v) is 12.2. The van der Waals surface area contributed by atoms with Crippen molar-refractivity contribution in [2.24, 2.45) is 0 Å². The van der Waals surface area contributed by atoms with Crippen LogP contribution in [0, 0.1) is 0 Å². The van der Waals surface area contributed by atoms with Crippen molar-refractivity contribution in [3.63, 3.8) is 0 Å². The molecular formula is C23H48OS. The Morgan fingerprint density at radius 3 is 1.08 bits per heavy atom. The summed E-state index contributed by atoms with van der Waals surface area (Å²) < 4.78 is 0. The highest BCUT2D eigenvalue weighted by Gasteiger charge is 2.00. The smallest absolute Gasteiger partial charge is 0.0628 e. The molecule has 0 aliphatic rings. The largest absolute Gasteiger partial charge is 0.392 e.